The Bertz CT molecular complexity index is 645. The third-order valence-electron chi connectivity index (χ3n) is 4.82. The van der Waals surface area contributed by atoms with E-state index in [-0.39, 0.29) is 5.41 Å². The second-order valence-corrected chi connectivity index (χ2v) is 8.01. The molecule has 3 heterocycles. The Hall–Kier alpha value is -1.66. The van der Waals surface area contributed by atoms with Crippen molar-refractivity contribution in [3.05, 3.63) is 35.9 Å². The molecular formula is C19H29N3O3. The summed E-state index contributed by atoms with van der Waals surface area (Å²) in [5, 5.41) is 14.6. The fraction of sp³-hybridized carbons (Fsp3) is 0.684. The van der Waals surface area contributed by atoms with E-state index >= 15 is 0 Å². The first-order valence-corrected chi connectivity index (χ1v) is 9.22. The Morgan fingerprint density at radius 1 is 1.32 bits per heavy atom. The highest BCUT2D eigenvalue weighted by molar-refractivity contribution is 5.03. The van der Waals surface area contributed by atoms with Gasteiger partial charge in [0.05, 0.1) is 12.8 Å². The molecule has 3 rings (SSSR count). The molecule has 1 saturated heterocycles. The summed E-state index contributed by atoms with van der Waals surface area (Å²) >= 11 is 0. The lowest BCUT2D eigenvalue weighted by Crippen LogP contribution is -2.36. The van der Waals surface area contributed by atoms with Gasteiger partial charge in [0.2, 0.25) is 5.89 Å². The summed E-state index contributed by atoms with van der Waals surface area (Å²) in [7, 11) is 0. The predicted octanol–water partition coefficient (Wildman–Crippen LogP) is 3.83. The van der Waals surface area contributed by atoms with Crippen LogP contribution in [0, 0.1) is 0 Å². The molecule has 1 aliphatic rings. The van der Waals surface area contributed by atoms with Crippen LogP contribution in [-0.2, 0) is 12.0 Å². The summed E-state index contributed by atoms with van der Waals surface area (Å²) in [5.41, 5.74) is -0.140. The van der Waals surface area contributed by atoms with Crippen molar-refractivity contribution in [1.82, 2.24) is 15.0 Å². The summed E-state index contributed by atoms with van der Waals surface area (Å²) in [6.45, 7) is 7.86. The number of hydrogen-bond donors (Lipinski definition) is 1. The van der Waals surface area contributed by atoms with Crippen molar-refractivity contribution in [3.63, 3.8) is 0 Å². The standard InChI is InChI=1S/C19H29N3O3/c1-19(2,3)18-20-17(21-25-18)13-22-10-6-4-5-8-14(22)12-15(23)16-9-7-11-24-16/h7,9,11,14-15,23H,4-6,8,10,12-13H2,1-3H3. The smallest absolute Gasteiger partial charge is 0.232 e. The number of hydrogen-bond acceptors (Lipinski definition) is 6. The maximum atomic E-state index is 10.5. The number of aliphatic hydroxyl groups is 1. The van der Waals surface area contributed by atoms with E-state index in [4.69, 9.17) is 8.94 Å². The van der Waals surface area contributed by atoms with Crippen LogP contribution in [0.15, 0.2) is 27.3 Å². The molecule has 2 aromatic heterocycles. The quantitative estimate of drug-likeness (QED) is 0.886. The Balaban J connectivity index is 1.69. The van der Waals surface area contributed by atoms with Gasteiger partial charge < -0.3 is 14.0 Å². The fourth-order valence-electron chi connectivity index (χ4n) is 3.37. The summed E-state index contributed by atoms with van der Waals surface area (Å²) in [6, 6.07) is 3.94. The van der Waals surface area contributed by atoms with Crippen molar-refractivity contribution in [2.75, 3.05) is 6.54 Å². The highest BCUT2D eigenvalue weighted by Crippen LogP contribution is 2.28. The van der Waals surface area contributed by atoms with Crippen LogP contribution in [0.4, 0.5) is 0 Å². The predicted molar refractivity (Wildman–Crippen MR) is 93.9 cm³/mol. The molecule has 1 aliphatic heterocycles. The third kappa shape index (κ3) is 4.70. The van der Waals surface area contributed by atoms with Crippen molar-refractivity contribution in [1.29, 1.82) is 0 Å². The molecule has 0 amide bonds. The van der Waals surface area contributed by atoms with Gasteiger partial charge in [0.25, 0.3) is 0 Å². The lowest BCUT2D eigenvalue weighted by Gasteiger charge is -2.30. The second-order valence-electron chi connectivity index (χ2n) is 8.01. The van der Waals surface area contributed by atoms with Gasteiger partial charge in [-0.3, -0.25) is 4.90 Å². The van der Waals surface area contributed by atoms with Gasteiger partial charge >= 0.3 is 0 Å². The molecule has 2 unspecified atom stereocenters. The maximum Gasteiger partial charge on any atom is 0.232 e. The van der Waals surface area contributed by atoms with E-state index in [2.05, 4.69) is 35.8 Å². The highest BCUT2D eigenvalue weighted by atomic mass is 16.5. The monoisotopic (exact) mass is 347 g/mol. The highest BCUT2D eigenvalue weighted by Gasteiger charge is 2.28. The van der Waals surface area contributed by atoms with Gasteiger partial charge in [0.15, 0.2) is 5.82 Å². The molecule has 138 valence electrons. The van der Waals surface area contributed by atoms with E-state index in [9.17, 15) is 5.11 Å². The number of aliphatic hydroxyl groups excluding tert-OH is 1. The number of aromatic nitrogens is 2. The molecule has 0 spiro atoms. The average molecular weight is 347 g/mol. The Kier molecular flexibility index (Phi) is 5.59. The first-order valence-electron chi connectivity index (χ1n) is 9.22. The van der Waals surface area contributed by atoms with Crippen LogP contribution < -0.4 is 0 Å². The van der Waals surface area contributed by atoms with Crippen LogP contribution in [0.1, 0.15) is 76.5 Å². The summed E-state index contributed by atoms with van der Waals surface area (Å²) < 4.78 is 10.8. The molecule has 25 heavy (non-hydrogen) atoms. The zero-order valence-electron chi connectivity index (χ0n) is 15.4. The Labute approximate surface area is 149 Å². The molecule has 0 aliphatic carbocycles. The summed E-state index contributed by atoms with van der Waals surface area (Å²) in [4.78, 5) is 6.95. The van der Waals surface area contributed by atoms with Gasteiger partial charge in [-0.2, -0.15) is 4.98 Å². The Morgan fingerprint density at radius 3 is 2.84 bits per heavy atom. The van der Waals surface area contributed by atoms with Crippen LogP contribution in [0.5, 0.6) is 0 Å². The number of likely N-dealkylation sites (tertiary alicyclic amines) is 1. The van der Waals surface area contributed by atoms with Crippen LogP contribution in [-0.4, -0.2) is 32.7 Å². The third-order valence-corrected chi connectivity index (χ3v) is 4.82. The minimum Gasteiger partial charge on any atom is -0.467 e. The molecule has 2 atom stereocenters. The van der Waals surface area contributed by atoms with Crippen molar-refractivity contribution < 1.29 is 14.0 Å². The molecule has 0 radical (unpaired) electrons. The van der Waals surface area contributed by atoms with Crippen molar-refractivity contribution >= 4 is 0 Å². The van der Waals surface area contributed by atoms with Crippen LogP contribution in [0.2, 0.25) is 0 Å². The fourth-order valence-corrected chi connectivity index (χ4v) is 3.37. The second kappa shape index (κ2) is 7.70. The van der Waals surface area contributed by atoms with E-state index in [1.807, 2.05) is 12.1 Å². The first-order chi connectivity index (χ1) is 11.9. The van der Waals surface area contributed by atoms with E-state index in [1.54, 1.807) is 6.26 Å². The molecule has 6 nitrogen and oxygen atoms in total. The van der Waals surface area contributed by atoms with E-state index in [0.29, 0.717) is 30.7 Å². The topological polar surface area (TPSA) is 75.5 Å². The number of rotatable bonds is 5. The van der Waals surface area contributed by atoms with Gasteiger partial charge in [-0.1, -0.05) is 38.8 Å². The van der Waals surface area contributed by atoms with Crippen LogP contribution in [0.25, 0.3) is 0 Å². The molecule has 0 saturated carbocycles. The minimum atomic E-state index is -0.573. The number of nitrogens with zero attached hydrogens (tertiary/aromatic N) is 3. The Morgan fingerprint density at radius 2 is 2.16 bits per heavy atom. The zero-order chi connectivity index (χ0) is 17.9. The van der Waals surface area contributed by atoms with E-state index in [0.717, 1.165) is 25.2 Å². The SMILES string of the molecule is CC(C)(C)c1nc(CN2CCCCCC2CC(O)c2ccco2)no1. The molecule has 6 heteroatoms. The molecule has 1 fully saturated rings. The van der Waals surface area contributed by atoms with Crippen molar-refractivity contribution in [3.8, 4) is 0 Å². The minimum absolute atomic E-state index is 0.140. The largest absolute Gasteiger partial charge is 0.467 e. The lowest BCUT2D eigenvalue weighted by molar-refractivity contribution is 0.0815. The number of furan rings is 1. The van der Waals surface area contributed by atoms with Crippen LogP contribution in [0.3, 0.4) is 0 Å². The zero-order valence-corrected chi connectivity index (χ0v) is 15.4. The van der Waals surface area contributed by atoms with Gasteiger partial charge in [0, 0.05) is 11.5 Å². The normalized spacial score (nSPS) is 21.2. The summed E-state index contributed by atoms with van der Waals surface area (Å²) in [5.74, 6) is 2.03. The van der Waals surface area contributed by atoms with E-state index < -0.39 is 6.10 Å². The average Bonchev–Trinajstić information content (AvgIpc) is 3.19. The first kappa shape index (κ1) is 18.1. The molecule has 2 aromatic rings. The molecule has 0 aromatic carbocycles. The molecule has 1 N–H and O–H groups in total. The van der Waals surface area contributed by atoms with Gasteiger partial charge in [-0.15, -0.1) is 0 Å². The van der Waals surface area contributed by atoms with Gasteiger partial charge in [-0.05, 0) is 37.9 Å². The van der Waals surface area contributed by atoms with Gasteiger partial charge in [-0.25, -0.2) is 0 Å². The molecule has 0 bridgehead atoms. The van der Waals surface area contributed by atoms with Crippen LogP contribution >= 0.6 is 0 Å². The molecular weight excluding hydrogens is 318 g/mol. The van der Waals surface area contributed by atoms with Gasteiger partial charge in [0.1, 0.15) is 11.9 Å². The lowest BCUT2D eigenvalue weighted by atomic mass is 9.97. The van der Waals surface area contributed by atoms with Crippen molar-refractivity contribution in [2.24, 2.45) is 0 Å². The van der Waals surface area contributed by atoms with Crippen molar-refractivity contribution in [2.45, 2.75) is 77.0 Å². The summed E-state index contributed by atoms with van der Waals surface area (Å²) in [6.07, 6.45) is 6.35. The maximum absolute atomic E-state index is 10.5. The van der Waals surface area contributed by atoms with E-state index in [1.165, 1.54) is 12.8 Å².